The average Bonchev–Trinajstić information content (AvgIpc) is 2.51. The van der Waals surface area contributed by atoms with Crippen molar-refractivity contribution in [2.24, 2.45) is 0 Å². The van der Waals surface area contributed by atoms with Crippen molar-refractivity contribution in [1.82, 2.24) is 0 Å². The van der Waals surface area contributed by atoms with Crippen molar-refractivity contribution in [3.05, 3.63) is 24.3 Å². The minimum absolute atomic E-state index is 0.0480. The molecule has 0 heterocycles. The SMILES string of the molecule is CCCCC/C=C\CC=CCCCCCCCC(=O)OCC. The molecule has 0 aromatic carbocycles. The van der Waals surface area contributed by atoms with Crippen molar-refractivity contribution in [2.75, 3.05) is 6.61 Å². The molecule has 2 nitrogen and oxygen atoms in total. The maximum absolute atomic E-state index is 11.1. The summed E-state index contributed by atoms with van der Waals surface area (Å²) in [5.41, 5.74) is 0. The number of esters is 1. The molecule has 128 valence electrons. The van der Waals surface area contributed by atoms with Gasteiger partial charge in [0.25, 0.3) is 0 Å². The van der Waals surface area contributed by atoms with Crippen LogP contribution in [0.25, 0.3) is 0 Å². The Morgan fingerprint density at radius 3 is 2.00 bits per heavy atom. The molecular weight excluding hydrogens is 272 g/mol. The molecule has 0 radical (unpaired) electrons. The number of rotatable bonds is 15. The Balaban J connectivity index is 3.22. The highest BCUT2D eigenvalue weighted by atomic mass is 16.5. The van der Waals surface area contributed by atoms with E-state index >= 15 is 0 Å². The van der Waals surface area contributed by atoms with Crippen LogP contribution >= 0.6 is 0 Å². The number of unbranched alkanes of at least 4 members (excludes halogenated alkanes) is 8. The molecule has 0 rings (SSSR count). The van der Waals surface area contributed by atoms with Crippen LogP contribution in [0.2, 0.25) is 0 Å². The van der Waals surface area contributed by atoms with E-state index in [4.69, 9.17) is 4.74 Å². The summed E-state index contributed by atoms with van der Waals surface area (Å²) in [4.78, 5) is 11.1. The second-order valence-electron chi connectivity index (χ2n) is 5.79. The summed E-state index contributed by atoms with van der Waals surface area (Å²) in [5, 5.41) is 0. The molecule has 0 saturated carbocycles. The predicted molar refractivity (Wildman–Crippen MR) is 96.0 cm³/mol. The molecular formula is C20H36O2. The molecule has 0 N–H and O–H groups in total. The Bertz CT molecular complexity index is 292. The Morgan fingerprint density at radius 1 is 0.773 bits per heavy atom. The van der Waals surface area contributed by atoms with E-state index in [-0.39, 0.29) is 5.97 Å². The Morgan fingerprint density at radius 2 is 1.36 bits per heavy atom. The number of hydrogen-bond donors (Lipinski definition) is 0. The number of carbonyl (C=O) groups is 1. The lowest BCUT2D eigenvalue weighted by molar-refractivity contribution is -0.143. The quantitative estimate of drug-likeness (QED) is 0.200. The molecule has 0 aliphatic heterocycles. The molecule has 0 bridgehead atoms. The normalized spacial score (nSPS) is 11.5. The van der Waals surface area contributed by atoms with E-state index < -0.39 is 0 Å². The second-order valence-corrected chi connectivity index (χ2v) is 5.79. The van der Waals surface area contributed by atoms with Crippen molar-refractivity contribution in [3.8, 4) is 0 Å². The highest BCUT2D eigenvalue weighted by Crippen LogP contribution is 2.08. The van der Waals surface area contributed by atoms with Crippen LogP contribution in [-0.4, -0.2) is 12.6 Å². The van der Waals surface area contributed by atoms with Gasteiger partial charge in [-0.05, 0) is 45.4 Å². The van der Waals surface area contributed by atoms with Crippen LogP contribution in [0.5, 0.6) is 0 Å². The van der Waals surface area contributed by atoms with Crippen molar-refractivity contribution < 1.29 is 9.53 Å². The smallest absolute Gasteiger partial charge is 0.305 e. The molecule has 0 amide bonds. The van der Waals surface area contributed by atoms with Gasteiger partial charge in [-0.3, -0.25) is 4.79 Å². The van der Waals surface area contributed by atoms with Crippen LogP contribution in [-0.2, 0) is 9.53 Å². The molecule has 2 heteroatoms. The molecule has 0 aliphatic carbocycles. The zero-order valence-electron chi connectivity index (χ0n) is 14.8. The monoisotopic (exact) mass is 308 g/mol. The van der Waals surface area contributed by atoms with Gasteiger partial charge in [0, 0.05) is 6.42 Å². The van der Waals surface area contributed by atoms with E-state index in [1.807, 2.05) is 6.92 Å². The van der Waals surface area contributed by atoms with Crippen molar-refractivity contribution in [3.63, 3.8) is 0 Å². The molecule has 0 aromatic rings. The molecule has 0 spiro atoms. The lowest BCUT2D eigenvalue weighted by Gasteiger charge is -2.01. The molecule has 0 unspecified atom stereocenters. The van der Waals surface area contributed by atoms with Gasteiger partial charge >= 0.3 is 5.97 Å². The Labute approximate surface area is 138 Å². The van der Waals surface area contributed by atoms with Crippen LogP contribution in [0, 0.1) is 0 Å². The van der Waals surface area contributed by atoms with Gasteiger partial charge in [0.2, 0.25) is 0 Å². The van der Waals surface area contributed by atoms with Crippen LogP contribution in [0.15, 0.2) is 24.3 Å². The maximum Gasteiger partial charge on any atom is 0.305 e. The topological polar surface area (TPSA) is 26.3 Å². The van der Waals surface area contributed by atoms with Gasteiger partial charge in [-0.15, -0.1) is 0 Å². The number of carbonyl (C=O) groups excluding carboxylic acids is 1. The van der Waals surface area contributed by atoms with Gasteiger partial charge in [-0.25, -0.2) is 0 Å². The zero-order valence-corrected chi connectivity index (χ0v) is 14.8. The minimum Gasteiger partial charge on any atom is -0.466 e. The number of ether oxygens (including phenoxy) is 1. The highest BCUT2D eigenvalue weighted by Gasteiger charge is 2.00. The van der Waals surface area contributed by atoms with Crippen LogP contribution in [0.4, 0.5) is 0 Å². The van der Waals surface area contributed by atoms with E-state index in [1.165, 1.54) is 51.4 Å². The van der Waals surface area contributed by atoms with E-state index in [0.717, 1.165) is 19.3 Å². The molecule has 0 fully saturated rings. The summed E-state index contributed by atoms with van der Waals surface area (Å²) in [6.45, 7) is 4.60. The van der Waals surface area contributed by atoms with Gasteiger partial charge in [-0.2, -0.15) is 0 Å². The summed E-state index contributed by atoms with van der Waals surface area (Å²) in [5.74, 6) is -0.0480. The summed E-state index contributed by atoms with van der Waals surface area (Å²) >= 11 is 0. The lowest BCUT2D eigenvalue weighted by atomic mass is 10.1. The van der Waals surface area contributed by atoms with Gasteiger partial charge in [0.1, 0.15) is 0 Å². The molecule has 22 heavy (non-hydrogen) atoms. The molecule has 0 aromatic heterocycles. The minimum atomic E-state index is -0.0480. The van der Waals surface area contributed by atoms with Crippen molar-refractivity contribution in [1.29, 1.82) is 0 Å². The summed E-state index contributed by atoms with van der Waals surface area (Å²) < 4.78 is 4.91. The first kappa shape index (κ1) is 20.9. The first-order valence-electron chi connectivity index (χ1n) is 9.26. The van der Waals surface area contributed by atoms with E-state index in [1.54, 1.807) is 0 Å². The molecule has 0 atom stereocenters. The average molecular weight is 309 g/mol. The fourth-order valence-corrected chi connectivity index (χ4v) is 2.31. The van der Waals surface area contributed by atoms with Gasteiger partial charge in [0.05, 0.1) is 6.61 Å². The summed E-state index contributed by atoms with van der Waals surface area (Å²) in [6, 6.07) is 0. The third-order valence-corrected chi connectivity index (χ3v) is 3.64. The number of allylic oxidation sites excluding steroid dienone is 4. The highest BCUT2D eigenvalue weighted by molar-refractivity contribution is 5.69. The van der Waals surface area contributed by atoms with Crippen LogP contribution in [0.3, 0.4) is 0 Å². The van der Waals surface area contributed by atoms with E-state index in [2.05, 4.69) is 31.2 Å². The standard InChI is InChI=1S/C20H36O2/c1-3-5-6-7-8-9-10-11-12-13-14-15-16-17-18-19-20(21)22-4-2/h8-9,11-12H,3-7,10,13-19H2,1-2H3/b9-8-,12-11?. The Hall–Kier alpha value is -1.05. The molecule has 0 aliphatic rings. The summed E-state index contributed by atoms with van der Waals surface area (Å²) in [6.07, 6.45) is 23.1. The largest absolute Gasteiger partial charge is 0.466 e. The zero-order chi connectivity index (χ0) is 16.3. The van der Waals surface area contributed by atoms with Gasteiger partial charge in [-0.1, -0.05) is 63.3 Å². The fraction of sp³-hybridized carbons (Fsp3) is 0.750. The van der Waals surface area contributed by atoms with Gasteiger partial charge in [0.15, 0.2) is 0 Å². The third-order valence-electron chi connectivity index (χ3n) is 3.64. The first-order chi connectivity index (χ1) is 10.8. The third kappa shape index (κ3) is 17.0. The van der Waals surface area contributed by atoms with Crippen LogP contribution in [0.1, 0.15) is 90.9 Å². The molecule has 0 saturated heterocycles. The fourth-order valence-electron chi connectivity index (χ4n) is 2.31. The van der Waals surface area contributed by atoms with E-state index in [9.17, 15) is 4.79 Å². The second kappa shape index (κ2) is 18.0. The Kier molecular flexibility index (Phi) is 17.1. The van der Waals surface area contributed by atoms with Crippen molar-refractivity contribution in [2.45, 2.75) is 90.9 Å². The summed E-state index contributed by atoms with van der Waals surface area (Å²) in [7, 11) is 0. The maximum atomic E-state index is 11.1. The van der Waals surface area contributed by atoms with Crippen LogP contribution < -0.4 is 0 Å². The van der Waals surface area contributed by atoms with Gasteiger partial charge < -0.3 is 4.74 Å². The lowest BCUT2D eigenvalue weighted by Crippen LogP contribution is -2.03. The number of hydrogen-bond acceptors (Lipinski definition) is 2. The van der Waals surface area contributed by atoms with E-state index in [0.29, 0.717) is 13.0 Å². The first-order valence-corrected chi connectivity index (χ1v) is 9.26. The predicted octanol–water partition coefficient (Wildman–Crippen LogP) is 6.36. The van der Waals surface area contributed by atoms with Crippen molar-refractivity contribution >= 4 is 5.97 Å².